The summed E-state index contributed by atoms with van der Waals surface area (Å²) in [5, 5.41) is 28.3. The molecule has 0 heterocycles. The number of aromatic hydroxyl groups is 3. The van der Waals surface area contributed by atoms with Gasteiger partial charge in [0.25, 0.3) is 10.0 Å². The third-order valence-electron chi connectivity index (χ3n) is 4.00. The van der Waals surface area contributed by atoms with Gasteiger partial charge in [-0.1, -0.05) is 0 Å². The van der Waals surface area contributed by atoms with E-state index >= 15 is 0 Å². The third-order valence-corrected chi connectivity index (χ3v) is 5.39. The molecule has 0 saturated carbocycles. The van der Waals surface area contributed by atoms with Crippen molar-refractivity contribution in [3.8, 4) is 17.2 Å². The number of nitrogens with one attached hydrogen (secondary N) is 1. The predicted octanol–water partition coefficient (Wildman–Crippen LogP) is 3.50. The maximum atomic E-state index is 12.3. The van der Waals surface area contributed by atoms with Crippen LogP contribution in [0.5, 0.6) is 17.2 Å². The summed E-state index contributed by atoms with van der Waals surface area (Å²) >= 11 is 0. The topological polar surface area (TPSA) is 124 Å². The predicted molar refractivity (Wildman–Crippen MR) is 108 cm³/mol. The van der Waals surface area contributed by atoms with Crippen LogP contribution in [0, 0.1) is 0 Å². The number of phenols is 3. The maximum absolute atomic E-state index is 12.3. The first kappa shape index (κ1) is 20.0. The van der Waals surface area contributed by atoms with Crippen molar-refractivity contribution in [2.45, 2.75) is 4.90 Å². The molecule has 7 nitrogen and oxygen atoms in total. The molecule has 0 saturated heterocycles. The van der Waals surface area contributed by atoms with Crippen LogP contribution in [-0.2, 0) is 10.0 Å². The van der Waals surface area contributed by atoms with Gasteiger partial charge in [-0.15, -0.1) is 0 Å². The number of hydrogen-bond donors (Lipinski definition) is 4. The van der Waals surface area contributed by atoms with Crippen molar-refractivity contribution in [1.82, 2.24) is 0 Å². The second-order valence-corrected chi connectivity index (χ2v) is 7.80. The molecule has 0 spiro atoms. The second kappa shape index (κ2) is 8.07. The van der Waals surface area contributed by atoms with Gasteiger partial charge in [0.1, 0.15) is 17.2 Å². The number of phenolic OH excluding ortho intramolecular Hbond substituents is 3. The maximum Gasteiger partial charge on any atom is 0.261 e. The molecule has 0 bridgehead atoms. The highest BCUT2D eigenvalue weighted by Gasteiger charge is 2.14. The van der Waals surface area contributed by atoms with Crippen molar-refractivity contribution >= 4 is 27.6 Å². The average Bonchev–Trinajstić information content (AvgIpc) is 2.68. The SMILES string of the molecule is O=C(C=Cc1ccc(O)cc1O)c1ccc(NS(=O)(=O)c2ccc(O)cc2)cc1. The first-order chi connectivity index (χ1) is 13.7. The molecule has 0 aliphatic rings. The summed E-state index contributed by atoms with van der Waals surface area (Å²) in [7, 11) is -3.83. The Bertz CT molecular complexity index is 1170. The van der Waals surface area contributed by atoms with Crippen LogP contribution in [0.1, 0.15) is 15.9 Å². The molecule has 3 aromatic carbocycles. The van der Waals surface area contributed by atoms with Crippen LogP contribution in [0.4, 0.5) is 5.69 Å². The number of allylic oxidation sites excluding steroid dienone is 1. The average molecular weight is 411 g/mol. The number of carbonyl (C=O) groups excluding carboxylic acids is 1. The van der Waals surface area contributed by atoms with Crippen LogP contribution >= 0.6 is 0 Å². The number of anilines is 1. The van der Waals surface area contributed by atoms with Gasteiger partial charge in [-0.3, -0.25) is 9.52 Å². The highest BCUT2D eigenvalue weighted by molar-refractivity contribution is 7.92. The van der Waals surface area contributed by atoms with Gasteiger partial charge in [0.2, 0.25) is 0 Å². The molecule has 0 aliphatic heterocycles. The minimum Gasteiger partial charge on any atom is -0.508 e. The monoisotopic (exact) mass is 411 g/mol. The van der Waals surface area contributed by atoms with Gasteiger partial charge in [0, 0.05) is 22.9 Å². The largest absolute Gasteiger partial charge is 0.508 e. The normalized spacial score (nSPS) is 11.4. The van der Waals surface area contributed by atoms with E-state index in [9.17, 15) is 28.5 Å². The van der Waals surface area contributed by atoms with Crippen LogP contribution in [0.25, 0.3) is 6.08 Å². The summed E-state index contributed by atoms with van der Waals surface area (Å²) in [6, 6.07) is 15.0. The lowest BCUT2D eigenvalue weighted by Crippen LogP contribution is -2.12. The Hall–Kier alpha value is -3.78. The minimum atomic E-state index is -3.83. The lowest BCUT2D eigenvalue weighted by Gasteiger charge is -2.08. The van der Waals surface area contributed by atoms with E-state index in [0.29, 0.717) is 11.1 Å². The molecular formula is C21H17NO6S. The molecule has 0 radical (unpaired) electrons. The number of carbonyl (C=O) groups is 1. The zero-order valence-electron chi connectivity index (χ0n) is 15.0. The van der Waals surface area contributed by atoms with Crippen molar-refractivity contribution in [3.63, 3.8) is 0 Å². The molecule has 0 unspecified atom stereocenters. The number of rotatable bonds is 6. The molecule has 0 atom stereocenters. The summed E-state index contributed by atoms with van der Waals surface area (Å²) in [6.45, 7) is 0. The van der Waals surface area contributed by atoms with Crippen LogP contribution < -0.4 is 4.72 Å². The van der Waals surface area contributed by atoms with Crippen LogP contribution in [0.15, 0.2) is 77.7 Å². The molecule has 0 aliphatic carbocycles. The Kier molecular flexibility index (Phi) is 5.56. The molecular weight excluding hydrogens is 394 g/mol. The van der Waals surface area contributed by atoms with Crippen LogP contribution in [0.3, 0.4) is 0 Å². The van der Waals surface area contributed by atoms with Crippen molar-refractivity contribution in [3.05, 3.63) is 83.9 Å². The second-order valence-electron chi connectivity index (χ2n) is 6.12. The van der Waals surface area contributed by atoms with Gasteiger partial charge in [-0.05, 0) is 72.8 Å². The highest BCUT2D eigenvalue weighted by Crippen LogP contribution is 2.24. The van der Waals surface area contributed by atoms with Gasteiger partial charge in [0.05, 0.1) is 4.90 Å². The molecule has 29 heavy (non-hydrogen) atoms. The van der Waals surface area contributed by atoms with Crippen molar-refractivity contribution in [1.29, 1.82) is 0 Å². The lowest BCUT2D eigenvalue weighted by molar-refractivity contribution is 0.104. The first-order valence-corrected chi connectivity index (χ1v) is 9.89. The Labute approximate surface area is 167 Å². The first-order valence-electron chi connectivity index (χ1n) is 8.41. The third kappa shape index (κ3) is 4.94. The molecule has 0 fully saturated rings. The smallest absolute Gasteiger partial charge is 0.261 e. The van der Waals surface area contributed by atoms with E-state index in [2.05, 4.69) is 4.72 Å². The van der Waals surface area contributed by atoms with E-state index in [0.717, 1.165) is 0 Å². The summed E-state index contributed by atoms with van der Waals surface area (Å²) in [6.07, 6.45) is 2.68. The van der Waals surface area contributed by atoms with Gasteiger partial charge < -0.3 is 15.3 Å². The zero-order chi connectivity index (χ0) is 21.0. The van der Waals surface area contributed by atoms with E-state index in [1.165, 1.54) is 78.9 Å². The summed E-state index contributed by atoms with van der Waals surface area (Å²) in [4.78, 5) is 12.3. The van der Waals surface area contributed by atoms with E-state index in [1.54, 1.807) is 0 Å². The number of sulfonamides is 1. The summed E-state index contributed by atoms with van der Waals surface area (Å²) in [5.74, 6) is -0.629. The van der Waals surface area contributed by atoms with E-state index in [4.69, 9.17) is 0 Å². The fourth-order valence-corrected chi connectivity index (χ4v) is 3.54. The summed E-state index contributed by atoms with van der Waals surface area (Å²) in [5.41, 5.74) is 0.969. The number of benzene rings is 3. The van der Waals surface area contributed by atoms with Gasteiger partial charge in [0.15, 0.2) is 5.78 Å². The Morgan fingerprint density at radius 2 is 1.45 bits per heavy atom. The fourth-order valence-electron chi connectivity index (χ4n) is 2.48. The number of ketones is 1. The Morgan fingerprint density at radius 3 is 2.07 bits per heavy atom. The van der Waals surface area contributed by atoms with Gasteiger partial charge in [-0.2, -0.15) is 0 Å². The molecule has 0 amide bonds. The van der Waals surface area contributed by atoms with Crippen molar-refractivity contribution in [2.75, 3.05) is 4.72 Å². The zero-order valence-corrected chi connectivity index (χ0v) is 15.8. The van der Waals surface area contributed by atoms with Gasteiger partial charge >= 0.3 is 0 Å². The fraction of sp³-hybridized carbons (Fsp3) is 0. The van der Waals surface area contributed by atoms with Gasteiger partial charge in [-0.25, -0.2) is 8.42 Å². The summed E-state index contributed by atoms with van der Waals surface area (Å²) < 4.78 is 27.1. The van der Waals surface area contributed by atoms with Crippen molar-refractivity contribution in [2.24, 2.45) is 0 Å². The molecule has 3 aromatic rings. The Balaban J connectivity index is 1.71. The molecule has 148 valence electrons. The quantitative estimate of drug-likeness (QED) is 0.364. The van der Waals surface area contributed by atoms with Crippen LogP contribution in [-0.4, -0.2) is 29.5 Å². The highest BCUT2D eigenvalue weighted by atomic mass is 32.2. The van der Waals surface area contributed by atoms with Crippen molar-refractivity contribution < 1.29 is 28.5 Å². The molecule has 4 N–H and O–H groups in total. The van der Waals surface area contributed by atoms with E-state index in [-0.39, 0.29) is 33.6 Å². The molecule has 0 aromatic heterocycles. The van der Waals surface area contributed by atoms with E-state index in [1.807, 2.05) is 0 Å². The molecule has 3 rings (SSSR count). The molecule has 8 heteroatoms. The van der Waals surface area contributed by atoms with Crippen LogP contribution in [0.2, 0.25) is 0 Å². The minimum absolute atomic E-state index is 0.00732. The van der Waals surface area contributed by atoms with E-state index < -0.39 is 10.0 Å². The number of hydrogen-bond acceptors (Lipinski definition) is 6. The lowest BCUT2D eigenvalue weighted by atomic mass is 10.1. The standard InChI is InChI=1S/C21H17NO6S/c23-17-8-10-19(11-9-17)29(27,28)22-16-5-1-14(2-6-16)20(25)12-4-15-3-7-18(24)13-21(15)26/h1-13,22-24,26H. The Morgan fingerprint density at radius 1 is 0.828 bits per heavy atom.